The van der Waals surface area contributed by atoms with Crippen LogP contribution in [-0.2, 0) is 19.3 Å². The fourth-order valence-electron chi connectivity index (χ4n) is 2.97. The van der Waals surface area contributed by atoms with Crippen molar-refractivity contribution in [1.29, 1.82) is 0 Å². The number of halogens is 4. The summed E-state index contributed by atoms with van der Waals surface area (Å²) >= 11 is 6.19. The minimum absolute atomic E-state index is 0.0826. The van der Waals surface area contributed by atoms with E-state index in [1.807, 2.05) is 30.3 Å². The normalized spacial score (nSPS) is 11.3. The second-order valence-corrected chi connectivity index (χ2v) is 7.50. The Kier molecular flexibility index (Phi) is 6.78. The topological polar surface area (TPSA) is 81.9 Å². The van der Waals surface area contributed by atoms with E-state index in [-0.39, 0.29) is 16.5 Å². The molecule has 0 aliphatic heterocycles. The van der Waals surface area contributed by atoms with Gasteiger partial charge < -0.3 is 10.1 Å². The molecule has 0 atom stereocenters. The number of alkyl halides is 3. The molecular formula is C23H17ClF3N5O2. The van der Waals surface area contributed by atoms with Crippen molar-refractivity contribution in [1.82, 2.24) is 19.7 Å². The van der Waals surface area contributed by atoms with Crippen LogP contribution in [-0.4, -0.2) is 19.7 Å². The van der Waals surface area contributed by atoms with Crippen LogP contribution in [0.3, 0.4) is 0 Å². The molecule has 4 rings (SSSR count). The maximum atomic E-state index is 12.7. The number of ether oxygens (including phenoxy) is 1. The molecule has 0 fully saturated rings. The summed E-state index contributed by atoms with van der Waals surface area (Å²) in [5, 5.41) is 6.81. The van der Waals surface area contributed by atoms with E-state index in [4.69, 9.17) is 16.3 Å². The van der Waals surface area contributed by atoms with Crippen LogP contribution >= 0.6 is 11.6 Å². The lowest BCUT2D eigenvalue weighted by atomic mass is 10.2. The minimum atomic E-state index is -4.53. The maximum absolute atomic E-state index is 12.7. The largest absolute Gasteiger partial charge is 0.473 e. The lowest BCUT2D eigenvalue weighted by Crippen LogP contribution is -2.23. The molecule has 0 aliphatic rings. The molecule has 0 bridgehead atoms. The summed E-state index contributed by atoms with van der Waals surface area (Å²) in [5.74, 6) is 0.358. The molecule has 0 radical (unpaired) electrons. The Morgan fingerprint density at radius 1 is 1.00 bits per heavy atom. The van der Waals surface area contributed by atoms with Crippen molar-refractivity contribution in [3.8, 4) is 11.7 Å². The lowest BCUT2D eigenvalue weighted by Gasteiger charge is -2.11. The van der Waals surface area contributed by atoms with Crippen molar-refractivity contribution in [2.45, 2.75) is 19.3 Å². The zero-order valence-electron chi connectivity index (χ0n) is 17.5. The van der Waals surface area contributed by atoms with Crippen molar-refractivity contribution >= 4 is 17.3 Å². The van der Waals surface area contributed by atoms with E-state index < -0.39 is 17.3 Å². The van der Waals surface area contributed by atoms with Crippen LogP contribution < -0.4 is 15.6 Å². The van der Waals surface area contributed by atoms with Gasteiger partial charge in [0, 0.05) is 25.0 Å². The van der Waals surface area contributed by atoms with Crippen LogP contribution in [0.25, 0.3) is 5.82 Å². The Bertz CT molecular complexity index is 1330. The van der Waals surface area contributed by atoms with Gasteiger partial charge in [0.25, 0.3) is 5.56 Å². The first-order valence-electron chi connectivity index (χ1n) is 9.98. The molecule has 0 saturated carbocycles. The van der Waals surface area contributed by atoms with Crippen LogP contribution in [0.4, 0.5) is 18.9 Å². The zero-order chi connectivity index (χ0) is 24.1. The van der Waals surface area contributed by atoms with Gasteiger partial charge in [0.1, 0.15) is 11.6 Å². The average Bonchev–Trinajstić information content (AvgIpc) is 2.84. The smallest absolute Gasteiger partial charge is 0.417 e. The summed E-state index contributed by atoms with van der Waals surface area (Å²) in [5.41, 5.74) is 0.439. The monoisotopic (exact) mass is 487 g/mol. The number of nitrogens with zero attached hydrogens (tertiary/aromatic N) is 4. The van der Waals surface area contributed by atoms with Gasteiger partial charge in [-0.05, 0) is 29.3 Å². The number of aromatic nitrogens is 4. The van der Waals surface area contributed by atoms with Gasteiger partial charge in [-0.2, -0.15) is 23.0 Å². The van der Waals surface area contributed by atoms with Crippen molar-refractivity contribution in [2.24, 2.45) is 0 Å². The van der Waals surface area contributed by atoms with Crippen molar-refractivity contribution in [3.63, 3.8) is 0 Å². The molecule has 11 heteroatoms. The van der Waals surface area contributed by atoms with Gasteiger partial charge in [0.05, 0.1) is 17.4 Å². The first-order valence-corrected chi connectivity index (χ1v) is 10.4. The zero-order valence-corrected chi connectivity index (χ0v) is 18.2. The van der Waals surface area contributed by atoms with Crippen LogP contribution in [0, 0.1) is 0 Å². The highest BCUT2D eigenvalue weighted by Gasteiger charge is 2.30. The van der Waals surface area contributed by atoms with Crippen LogP contribution in [0.5, 0.6) is 5.88 Å². The van der Waals surface area contributed by atoms with E-state index in [2.05, 4.69) is 20.4 Å². The van der Waals surface area contributed by atoms with Crippen molar-refractivity contribution in [2.75, 3.05) is 5.32 Å². The minimum Gasteiger partial charge on any atom is -0.473 e. The third-order valence-electron chi connectivity index (χ3n) is 4.72. The number of hydrogen-bond donors (Lipinski definition) is 1. The standard InChI is InChI=1S/C23H17ClF3N5O2/c24-21-18(13-31-32(22(21)33)19-7-6-17(12-30-19)23(25,26)27)29-11-16-8-9-28-20(10-16)34-14-15-4-2-1-3-5-15/h1-10,12-13,29H,11,14H2. The summed E-state index contributed by atoms with van der Waals surface area (Å²) in [6.45, 7) is 0.671. The Labute approximate surface area is 196 Å². The fourth-order valence-corrected chi connectivity index (χ4v) is 3.16. The molecule has 0 spiro atoms. The number of nitrogens with one attached hydrogen (secondary N) is 1. The molecular weight excluding hydrogens is 471 g/mol. The van der Waals surface area contributed by atoms with Gasteiger partial charge in [-0.25, -0.2) is 9.97 Å². The molecule has 3 aromatic heterocycles. The Morgan fingerprint density at radius 3 is 2.50 bits per heavy atom. The van der Waals surface area contributed by atoms with Gasteiger partial charge in [-0.3, -0.25) is 4.79 Å². The molecule has 0 amide bonds. The van der Waals surface area contributed by atoms with E-state index in [0.717, 1.165) is 27.9 Å². The highest BCUT2D eigenvalue weighted by molar-refractivity contribution is 6.32. The SMILES string of the molecule is O=c1c(Cl)c(NCc2ccnc(OCc3ccccc3)c2)cnn1-c1ccc(C(F)(F)F)cn1. The molecule has 4 aromatic rings. The van der Waals surface area contributed by atoms with Crippen molar-refractivity contribution < 1.29 is 17.9 Å². The van der Waals surface area contributed by atoms with Gasteiger partial charge in [0.2, 0.25) is 5.88 Å². The molecule has 0 unspecified atom stereocenters. The van der Waals surface area contributed by atoms with Gasteiger partial charge in [0.15, 0.2) is 5.82 Å². The molecule has 0 saturated heterocycles. The molecule has 1 N–H and O–H groups in total. The van der Waals surface area contributed by atoms with E-state index in [1.165, 1.54) is 6.20 Å². The first-order chi connectivity index (χ1) is 16.3. The molecule has 3 heterocycles. The third kappa shape index (κ3) is 5.52. The Balaban J connectivity index is 1.44. The number of anilines is 1. The number of benzene rings is 1. The van der Waals surface area contributed by atoms with Gasteiger partial charge in [-0.15, -0.1) is 0 Å². The summed E-state index contributed by atoms with van der Waals surface area (Å²) in [7, 11) is 0. The van der Waals surface area contributed by atoms with Crippen LogP contribution in [0.15, 0.2) is 78.0 Å². The lowest BCUT2D eigenvalue weighted by molar-refractivity contribution is -0.137. The quantitative estimate of drug-likeness (QED) is 0.400. The van der Waals surface area contributed by atoms with Gasteiger partial charge in [-0.1, -0.05) is 41.9 Å². The van der Waals surface area contributed by atoms with Crippen LogP contribution in [0.1, 0.15) is 16.7 Å². The maximum Gasteiger partial charge on any atom is 0.417 e. The molecule has 1 aromatic carbocycles. The van der Waals surface area contributed by atoms with E-state index >= 15 is 0 Å². The summed E-state index contributed by atoms with van der Waals surface area (Å²) < 4.78 is 44.7. The third-order valence-corrected chi connectivity index (χ3v) is 5.09. The Morgan fingerprint density at radius 2 is 1.79 bits per heavy atom. The van der Waals surface area contributed by atoms with E-state index in [0.29, 0.717) is 25.2 Å². The molecule has 0 aliphatic carbocycles. The summed E-state index contributed by atoms with van der Waals surface area (Å²) in [4.78, 5) is 20.5. The predicted octanol–water partition coefficient (Wildman–Crippen LogP) is 4.89. The fraction of sp³-hybridized carbons (Fsp3) is 0.130. The molecule has 174 valence electrons. The van der Waals surface area contributed by atoms with Crippen molar-refractivity contribution in [3.05, 3.63) is 105 Å². The number of rotatable bonds is 7. The first kappa shape index (κ1) is 23.2. The second kappa shape index (κ2) is 9.92. The Hall–Kier alpha value is -3.92. The number of pyridine rings is 2. The van der Waals surface area contributed by atoms with E-state index in [1.54, 1.807) is 18.3 Å². The second-order valence-electron chi connectivity index (χ2n) is 7.12. The van der Waals surface area contributed by atoms with Gasteiger partial charge >= 0.3 is 6.18 Å². The molecule has 7 nitrogen and oxygen atoms in total. The summed E-state index contributed by atoms with van der Waals surface area (Å²) in [6.07, 6.45) is -0.998. The van der Waals surface area contributed by atoms with Crippen LogP contribution in [0.2, 0.25) is 5.02 Å². The highest BCUT2D eigenvalue weighted by Crippen LogP contribution is 2.28. The highest BCUT2D eigenvalue weighted by atomic mass is 35.5. The average molecular weight is 488 g/mol. The summed E-state index contributed by atoms with van der Waals surface area (Å²) in [6, 6.07) is 15.1. The predicted molar refractivity (Wildman–Crippen MR) is 120 cm³/mol. The van der Waals surface area contributed by atoms with E-state index in [9.17, 15) is 18.0 Å². The molecule has 34 heavy (non-hydrogen) atoms. The number of hydrogen-bond acceptors (Lipinski definition) is 6.